The fourth-order valence-corrected chi connectivity index (χ4v) is 4.22. The highest BCUT2D eigenvalue weighted by atomic mass is 79.9. The van der Waals surface area contributed by atoms with E-state index < -0.39 is 21.5 Å². The van der Waals surface area contributed by atoms with Crippen molar-refractivity contribution >= 4 is 54.4 Å². The molecule has 0 radical (unpaired) electrons. The number of carbonyl (C=O) groups is 1. The van der Waals surface area contributed by atoms with Gasteiger partial charge in [-0.2, -0.15) is 0 Å². The zero-order chi connectivity index (χ0) is 14.8. The second kappa shape index (κ2) is 5.94. The van der Waals surface area contributed by atoms with Crippen molar-refractivity contribution in [1.82, 2.24) is 0 Å². The van der Waals surface area contributed by atoms with E-state index in [0.29, 0.717) is 15.8 Å². The largest absolute Gasteiger partial charge is 0.399 e. The van der Waals surface area contributed by atoms with Crippen molar-refractivity contribution in [2.45, 2.75) is 4.21 Å². The third-order valence-corrected chi connectivity index (χ3v) is 6.15. The highest BCUT2D eigenvalue weighted by Gasteiger charge is 2.20. The van der Waals surface area contributed by atoms with Crippen LogP contribution >= 0.6 is 27.3 Å². The first-order valence-corrected chi connectivity index (χ1v) is 8.82. The summed E-state index contributed by atoms with van der Waals surface area (Å²) in [4.78, 5) is 11.8. The maximum absolute atomic E-state index is 12.0. The van der Waals surface area contributed by atoms with Gasteiger partial charge in [-0.15, -0.1) is 11.3 Å². The first-order chi connectivity index (χ1) is 9.38. The Kier molecular flexibility index (Phi) is 4.46. The lowest BCUT2D eigenvalue weighted by atomic mass is 10.3. The van der Waals surface area contributed by atoms with Crippen molar-refractivity contribution in [1.29, 1.82) is 0 Å². The van der Waals surface area contributed by atoms with Crippen LogP contribution < -0.4 is 11.1 Å². The number of sulfone groups is 1. The van der Waals surface area contributed by atoms with Crippen molar-refractivity contribution in [3.8, 4) is 0 Å². The van der Waals surface area contributed by atoms with E-state index >= 15 is 0 Å². The molecule has 1 aromatic carbocycles. The van der Waals surface area contributed by atoms with Crippen molar-refractivity contribution in [2.75, 3.05) is 16.8 Å². The number of hydrogen-bond donors (Lipinski definition) is 2. The summed E-state index contributed by atoms with van der Waals surface area (Å²) < 4.78 is 24.7. The SMILES string of the molecule is Nc1ccc(NC(=O)CS(=O)(=O)c2cccs2)c(Br)c1. The minimum absolute atomic E-state index is 0.184. The van der Waals surface area contributed by atoms with Crippen LogP contribution in [-0.2, 0) is 14.6 Å². The van der Waals surface area contributed by atoms with E-state index in [1.165, 1.54) is 6.07 Å². The van der Waals surface area contributed by atoms with E-state index in [0.717, 1.165) is 11.3 Å². The Morgan fingerprint density at radius 3 is 2.70 bits per heavy atom. The second-order valence-corrected chi connectivity index (χ2v) is 8.00. The van der Waals surface area contributed by atoms with Crippen molar-refractivity contribution in [3.05, 3.63) is 40.2 Å². The summed E-state index contributed by atoms with van der Waals surface area (Å²) in [5, 5.41) is 4.19. The first kappa shape index (κ1) is 15.0. The molecule has 0 spiro atoms. The number of nitrogens with two attached hydrogens (primary N) is 1. The lowest BCUT2D eigenvalue weighted by molar-refractivity contribution is -0.113. The maximum atomic E-state index is 12.0. The van der Waals surface area contributed by atoms with E-state index in [-0.39, 0.29) is 4.21 Å². The second-order valence-electron chi connectivity index (χ2n) is 3.98. The van der Waals surface area contributed by atoms with Crippen LogP contribution in [0, 0.1) is 0 Å². The van der Waals surface area contributed by atoms with E-state index in [1.807, 2.05) is 0 Å². The van der Waals surface area contributed by atoms with Gasteiger partial charge in [-0.1, -0.05) is 6.07 Å². The van der Waals surface area contributed by atoms with Gasteiger partial charge in [0.1, 0.15) is 9.96 Å². The Balaban J connectivity index is 2.10. The zero-order valence-corrected chi connectivity index (χ0v) is 13.4. The molecule has 1 aromatic heterocycles. The minimum atomic E-state index is -3.59. The molecule has 0 saturated heterocycles. The third-order valence-electron chi connectivity index (χ3n) is 2.39. The average Bonchev–Trinajstić information content (AvgIpc) is 2.86. The number of hydrogen-bond acceptors (Lipinski definition) is 5. The van der Waals surface area contributed by atoms with Crippen LogP contribution in [0.2, 0.25) is 0 Å². The fraction of sp³-hybridized carbons (Fsp3) is 0.0833. The number of nitrogen functional groups attached to an aromatic ring is 1. The van der Waals surface area contributed by atoms with Gasteiger partial charge in [0.2, 0.25) is 5.91 Å². The van der Waals surface area contributed by atoms with Crippen LogP contribution in [0.15, 0.2) is 44.4 Å². The van der Waals surface area contributed by atoms with Gasteiger partial charge in [-0.05, 0) is 45.6 Å². The molecule has 1 amide bonds. The highest BCUT2D eigenvalue weighted by molar-refractivity contribution is 9.10. The van der Waals surface area contributed by atoms with Crippen LogP contribution in [0.25, 0.3) is 0 Å². The molecule has 0 unspecified atom stereocenters. The molecule has 3 N–H and O–H groups in total. The van der Waals surface area contributed by atoms with Crippen molar-refractivity contribution in [2.24, 2.45) is 0 Å². The molecule has 1 heterocycles. The Labute approximate surface area is 128 Å². The summed E-state index contributed by atoms with van der Waals surface area (Å²) in [7, 11) is -3.59. The zero-order valence-electron chi connectivity index (χ0n) is 10.2. The standard InChI is InChI=1S/C12H11BrN2O3S2/c13-9-6-8(14)3-4-10(9)15-11(16)7-20(17,18)12-2-1-5-19-12/h1-6H,7,14H2,(H,15,16). The molecule has 20 heavy (non-hydrogen) atoms. The number of anilines is 2. The quantitative estimate of drug-likeness (QED) is 0.804. The number of rotatable bonds is 4. The molecular weight excluding hydrogens is 364 g/mol. The minimum Gasteiger partial charge on any atom is -0.399 e. The van der Waals surface area contributed by atoms with Gasteiger partial charge in [-0.25, -0.2) is 8.42 Å². The summed E-state index contributed by atoms with van der Waals surface area (Å²) in [5.74, 6) is -1.19. The summed E-state index contributed by atoms with van der Waals surface area (Å²) in [5.41, 5.74) is 6.61. The maximum Gasteiger partial charge on any atom is 0.240 e. The van der Waals surface area contributed by atoms with Gasteiger partial charge in [-0.3, -0.25) is 4.79 Å². The smallest absolute Gasteiger partial charge is 0.240 e. The number of benzene rings is 1. The van der Waals surface area contributed by atoms with Gasteiger partial charge in [0.05, 0.1) is 5.69 Å². The predicted octanol–water partition coefficient (Wildman–Crippen LogP) is 2.51. The van der Waals surface area contributed by atoms with Crippen molar-refractivity contribution in [3.63, 3.8) is 0 Å². The molecule has 0 atom stereocenters. The molecule has 5 nitrogen and oxygen atoms in total. The Morgan fingerprint density at radius 1 is 1.35 bits per heavy atom. The number of nitrogens with one attached hydrogen (secondary N) is 1. The van der Waals surface area contributed by atoms with Crippen molar-refractivity contribution < 1.29 is 13.2 Å². The molecule has 0 aliphatic rings. The number of thiophene rings is 1. The molecule has 106 valence electrons. The lowest BCUT2D eigenvalue weighted by Crippen LogP contribution is -2.22. The summed E-state index contributed by atoms with van der Waals surface area (Å²) >= 11 is 4.34. The monoisotopic (exact) mass is 374 g/mol. The Morgan fingerprint density at radius 2 is 2.10 bits per heavy atom. The molecule has 0 aliphatic heterocycles. The molecule has 2 rings (SSSR count). The van der Waals surface area contributed by atoms with E-state index in [1.54, 1.807) is 29.6 Å². The fourth-order valence-electron chi connectivity index (χ4n) is 1.50. The first-order valence-electron chi connectivity index (χ1n) is 5.49. The van der Waals surface area contributed by atoms with Crippen LogP contribution in [0.3, 0.4) is 0 Å². The topological polar surface area (TPSA) is 89.3 Å². The average molecular weight is 375 g/mol. The Bertz CT molecular complexity index is 727. The molecule has 0 aliphatic carbocycles. The van der Waals surface area contributed by atoms with Crippen LogP contribution in [0.4, 0.5) is 11.4 Å². The van der Waals surface area contributed by atoms with Gasteiger partial charge in [0.25, 0.3) is 0 Å². The molecule has 0 fully saturated rings. The summed E-state index contributed by atoms with van der Waals surface area (Å²) in [6.45, 7) is 0. The van der Waals surface area contributed by atoms with E-state index in [9.17, 15) is 13.2 Å². The summed E-state index contributed by atoms with van der Waals surface area (Å²) in [6.07, 6.45) is 0. The van der Waals surface area contributed by atoms with Gasteiger partial charge in [0.15, 0.2) is 9.84 Å². The van der Waals surface area contributed by atoms with Crippen LogP contribution in [0.5, 0.6) is 0 Å². The molecule has 2 aromatic rings. The highest BCUT2D eigenvalue weighted by Crippen LogP contribution is 2.25. The van der Waals surface area contributed by atoms with Gasteiger partial charge < -0.3 is 11.1 Å². The lowest BCUT2D eigenvalue weighted by Gasteiger charge is -2.08. The summed E-state index contributed by atoms with van der Waals surface area (Å²) in [6, 6.07) is 7.96. The third kappa shape index (κ3) is 3.59. The number of carbonyl (C=O) groups excluding carboxylic acids is 1. The predicted molar refractivity (Wildman–Crippen MR) is 83.6 cm³/mol. The van der Waals surface area contributed by atoms with E-state index in [2.05, 4.69) is 21.2 Å². The molecule has 0 saturated carbocycles. The van der Waals surface area contributed by atoms with Crippen LogP contribution in [0.1, 0.15) is 0 Å². The number of halogens is 1. The van der Waals surface area contributed by atoms with Gasteiger partial charge in [0, 0.05) is 10.2 Å². The molecular formula is C12H11BrN2O3S2. The van der Waals surface area contributed by atoms with Gasteiger partial charge >= 0.3 is 0 Å². The van der Waals surface area contributed by atoms with E-state index in [4.69, 9.17) is 5.73 Å². The normalized spacial score (nSPS) is 11.2. The van der Waals surface area contributed by atoms with Crippen LogP contribution in [-0.4, -0.2) is 20.1 Å². The molecule has 8 heteroatoms. The number of amides is 1. The Hall–Kier alpha value is -1.38. The molecule has 0 bridgehead atoms.